The van der Waals surface area contributed by atoms with Gasteiger partial charge in [0, 0.05) is 29.1 Å². The highest BCUT2D eigenvalue weighted by Crippen LogP contribution is 2.46. The fourth-order valence-corrected chi connectivity index (χ4v) is 6.83. The first kappa shape index (κ1) is 27.4. The predicted octanol–water partition coefficient (Wildman–Crippen LogP) is 4.85. The molecule has 3 aromatic rings. The third-order valence-electron chi connectivity index (χ3n) is 8.80. The van der Waals surface area contributed by atoms with E-state index in [2.05, 4.69) is 15.5 Å². The Hall–Kier alpha value is -3.82. The topological polar surface area (TPSA) is 131 Å². The van der Waals surface area contributed by atoms with Crippen LogP contribution in [0, 0.1) is 5.92 Å². The number of carbonyl (C=O) groups excluding carboxylic acids is 2. The van der Waals surface area contributed by atoms with Gasteiger partial charge in [-0.05, 0) is 68.6 Å². The minimum absolute atomic E-state index is 0.0796. The van der Waals surface area contributed by atoms with Crippen molar-refractivity contribution in [3.8, 4) is 22.4 Å². The highest BCUT2D eigenvalue weighted by atomic mass is 16.6. The molecule has 3 aliphatic rings. The maximum Gasteiger partial charge on any atom is 0.410 e. The molecule has 1 saturated heterocycles. The normalized spacial score (nSPS) is 27.7. The van der Waals surface area contributed by atoms with Crippen LogP contribution in [0.1, 0.15) is 57.4 Å². The summed E-state index contributed by atoms with van der Waals surface area (Å²) < 4.78 is 5.08. The Morgan fingerprint density at radius 1 is 1.05 bits per heavy atom. The average molecular weight is 556 g/mol. The Labute approximate surface area is 240 Å². The van der Waals surface area contributed by atoms with E-state index in [0.717, 1.165) is 47.9 Å². The Kier molecular flexibility index (Phi) is 7.25. The van der Waals surface area contributed by atoms with E-state index in [4.69, 9.17) is 10.5 Å². The molecule has 9 heteroatoms. The molecular weight excluding hydrogens is 518 g/mol. The molecule has 9 nitrogen and oxygen atoms in total. The highest BCUT2D eigenvalue weighted by molar-refractivity contribution is 5.91. The number of nitrogens with one attached hydrogen (secondary N) is 1. The van der Waals surface area contributed by atoms with E-state index in [1.807, 2.05) is 72.5 Å². The highest BCUT2D eigenvalue weighted by Gasteiger charge is 2.49. The van der Waals surface area contributed by atoms with Crippen molar-refractivity contribution in [2.45, 2.75) is 69.1 Å². The smallest absolute Gasteiger partial charge is 0.410 e. The van der Waals surface area contributed by atoms with Crippen molar-refractivity contribution < 1.29 is 19.4 Å². The molecule has 0 atom stereocenters. The number of rotatable bonds is 7. The van der Waals surface area contributed by atoms with Crippen molar-refractivity contribution in [1.29, 1.82) is 0 Å². The summed E-state index contributed by atoms with van der Waals surface area (Å²) in [5.74, 6) is 0.610. The number of carbonyl (C=O) groups is 2. The molecule has 2 aromatic carbocycles. The predicted molar refractivity (Wildman–Crippen MR) is 156 cm³/mol. The molecule has 4 N–H and O–H groups in total. The molecule has 0 unspecified atom stereocenters. The molecular formula is C32H37N5O4. The van der Waals surface area contributed by atoms with Crippen LogP contribution in [-0.2, 0) is 15.1 Å². The molecule has 0 bridgehead atoms. The van der Waals surface area contributed by atoms with Gasteiger partial charge in [-0.15, -0.1) is 10.2 Å². The van der Waals surface area contributed by atoms with Crippen LogP contribution in [0.2, 0.25) is 0 Å². The number of nitrogens with zero attached hydrogens (tertiary/aromatic N) is 3. The van der Waals surface area contributed by atoms with E-state index in [1.54, 1.807) is 0 Å². The van der Waals surface area contributed by atoms with Gasteiger partial charge in [0.1, 0.15) is 12.3 Å². The molecule has 6 rings (SSSR count). The summed E-state index contributed by atoms with van der Waals surface area (Å²) in [7, 11) is 0. The largest absolute Gasteiger partial charge is 0.448 e. The van der Waals surface area contributed by atoms with Gasteiger partial charge in [-0.25, -0.2) is 4.79 Å². The molecule has 0 spiro atoms. The van der Waals surface area contributed by atoms with E-state index in [0.29, 0.717) is 43.9 Å². The molecule has 1 aromatic heterocycles. The lowest BCUT2D eigenvalue weighted by atomic mass is 9.63. The summed E-state index contributed by atoms with van der Waals surface area (Å²) in [4.78, 5) is 26.7. The standard InChI is InChI=1S/C32H37N5O4/c1-31(40)19-32(33,20-31)24-11-9-23(10-12-24)29-26(22-5-3-2-4-6-22)18-27(35-36-29)34-28(38)17-21-7-13-25(14-8-21)37-15-16-41-30(37)39/h2-6,9-12,18,21,25,40H,7-8,13-17,19-20,33H2,1H3,(H,34,35,38). The zero-order valence-electron chi connectivity index (χ0n) is 23.4. The van der Waals surface area contributed by atoms with Crippen LogP contribution in [0.25, 0.3) is 22.4 Å². The van der Waals surface area contributed by atoms with Crippen molar-refractivity contribution in [3.05, 3.63) is 66.2 Å². The van der Waals surface area contributed by atoms with Crippen LogP contribution in [0.15, 0.2) is 60.7 Å². The van der Waals surface area contributed by atoms with Crippen LogP contribution in [0.3, 0.4) is 0 Å². The molecule has 214 valence electrons. The lowest BCUT2D eigenvalue weighted by Gasteiger charge is -2.49. The minimum Gasteiger partial charge on any atom is -0.448 e. The van der Waals surface area contributed by atoms with Crippen LogP contribution in [-0.4, -0.2) is 57.0 Å². The second-order valence-corrected chi connectivity index (χ2v) is 12.2. The molecule has 3 fully saturated rings. The summed E-state index contributed by atoms with van der Waals surface area (Å²) in [6.07, 6.45) is 4.84. The number of cyclic esters (lactones) is 1. The fraction of sp³-hybridized carbons (Fsp3) is 0.438. The third kappa shape index (κ3) is 5.83. The molecule has 2 aliphatic carbocycles. The van der Waals surface area contributed by atoms with Gasteiger partial charge in [-0.2, -0.15) is 0 Å². The molecule has 0 radical (unpaired) electrons. The number of hydrogen-bond acceptors (Lipinski definition) is 7. The molecule has 2 heterocycles. The van der Waals surface area contributed by atoms with Gasteiger partial charge in [0.25, 0.3) is 0 Å². The van der Waals surface area contributed by atoms with Crippen molar-refractivity contribution in [2.24, 2.45) is 11.7 Å². The summed E-state index contributed by atoms with van der Waals surface area (Å²) in [6.45, 7) is 2.94. The van der Waals surface area contributed by atoms with Gasteiger partial charge < -0.3 is 25.8 Å². The maximum absolute atomic E-state index is 13.0. The van der Waals surface area contributed by atoms with E-state index in [1.165, 1.54) is 0 Å². The van der Waals surface area contributed by atoms with Crippen molar-refractivity contribution in [3.63, 3.8) is 0 Å². The molecule has 2 amide bonds. The van der Waals surface area contributed by atoms with Gasteiger partial charge in [0.05, 0.1) is 12.1 Å². The van der Waals surface area contributed by atoms with Crippen molar-refractivity contribution in [1.82, 2.24) is 15.1 Å². The van der Waals surface area contributed by atoms with Crippen LogP contribution >= 0.6 is 0 Å². The second-order valence-electron chi connectivity index (χ2n) is 12.2. The second kappa shape index (κ2) is 10.9. The quantitative estimate of drug-likeness (QED) is 0.380. The third-order valence-corrected chi connectivity index (χ3v) is 8.80. The van der Waals surface area contributed by atoms with E-state index >= 15 is 0 Å². The van der Waals surface area contributed by atoms with E-state index in [-0.39, 0.29) is 24.0 Å². The number of benzene rings is 2. The number of nitrogens with two attached hydrogens (primary N) is 1. The lowest BCUT2D eigenvalue weighted by Crippen LogP contribution is -2.58. The monoisotopic (exact) mass is 555 g/mol. The number of hydrogen-bond donors (Lipinski definition) is 3. The van der Waals surface area contributed by atoms with Gasteiger partial charge in [-0.1, -0.05) is 54.6 Å². The summed E-state index contributed by atoms with van der Waals surface area (Å²) in [6, 6.07) is 20.0. The number of amides is 2. The lowest BCUT2D eigenvalue weighted by molar-refractivity contribution is -0.117. The first-order valence-electron chi connectivity index (χ1n) is 14.5. The molecule has 41 heavy (non-hydrogen) atoms. The average Bonchev–Trinajstić information content (AvgIpc) is 3.38. The van der Waals surface area contributed by atoms with Crippen molar-refractivity contribution >= 4 is 17.8 Å². The first-order valence-corrected chi connectivity index (χ1v) is 14.5. The van der Waals surface area contributed by atoms with E-state index < -0.39 is 11.1 Å². The van der Waals surface area contributed by atoms with Gasteiger partial charge in [-0.3, -0.25) is 4.79 Å². The van der Waals surface area contributed by atoms with Gasteiger partial charge >= 0.3 is 6.09 Å². The van der Waals surface area contributed by atoms with Crippen LogP contribution in [0.5, 0.6) is 0 Å². The summed E-state index contributed by atoms with van der Waals surface area (Å²) in [5.41, 5.74) is 9.73. The van der Waals surface area contributed by atoms with Gasteiger partial charge in [0.2, 0.25) is 5.91 Å². The summed E-state index contributed by atoms with van der Waals surface area (Å²) >= 11 is 0. The van der Waals surface area contributed by atoms with Crippen LogP contribution in [0.4, 0.5) is 10.6 Å². The first-order chi connectivity index (χ1) is 19.7. The molecule has 2 saturated carbocycles. The minimum atomic E-state index is -0.720. The zero-order chi connectivity index (χ0) is 28.6. The molecule has 1 aliphatic heterocycles. The Morgan fingerprint density at radius 3 is 2.39 bits per heavy atom. The number of aliphatic hydroxyl groups is 1. The Morgan fingerprint density at radius 2 is 1.76 bits per heavy atom. The Bertz CT molecular complexity index is 1410. The number of aromatic nitrogens is 2. The number of anilines is 1. The summed E-state index contributed by atoms with van der Waals surface area (Å²) in [5, 5.41) is 22.1. The fourth-order valence-electron chi connectivity index (χ4n) is 6.83. The SMILES string of the molecule is CC1(O)CC(N)(c2ccc(-c3nnc(NC(=O)CC4CCC(N5CCOC5=O)CC4)cc3-c3ccccc3)cc2)C1. The van der Waals surface area contributed by atoms with Crippen molar-refractivity contribution in [2.75, 3.05) is 18.5 Å². The maximum atomic E-state index is 13.0. The van der Waals surface area contributed by atoms with Crippen LogP contribution < -0.4 is 11.1 Å². The number of ether oxygens (including phenoxy) is 1. The van der Waals surface area contributed by atoms with E-state index in [9.17, 15) is 14.7 Å². The van der Waals surface area contributed by atoms with Gasteiger partial charge in [0.15, 0.2) is 5.82 Å². The zero-order valence-corrected chi connectivity index (χ0v) is 23.4. The Balaban J connectivity index is 1.15.